The summed E-state index contributed by atoms with van der Waals surface area (Å²) in [7, 11) is -1.64. The Balaban J connectivity index is 2.54. The number of esters is 2. The molecule has 0 fully saturated rings. The maximum atomic E-state index is 13.5. The Bertz CT molecular complexity index is 1080. The van der Waals surface area contributed by atoms with Gasteiger partial charge in [0.2, 0.25) is 10.0 Å². The van der Waals surface area contributed by atoms with Gasteiger partial charge in [0, 0.05) is 18.5 Å². The average Bonchev–Trinajstić information content (AvgIpc) is 3.27. The minimum atomic E-state index is -3.99. The first-order valence-corrected chi connectivity index (χ1v) is 11.2. The number of aryl methyl sites for hydroxylation is 1. The minimum absolute atomic E-state index is 0.0598. The lowest BCUT2D eigenvalue weighted by atomic mass is 9.92. The Morgan fingerprint density at radius 2 is 1.81 bits per heavy atom. The van der Waals surface area contributed by atoms with Crippen LogP contribution in [0.4, 0.5) is 0 Å². The van der Waals surface area contributed by atoms with Crippen LogP contribution in [0.3, 0.4) is 0 Å². The van der Waals surface area contributed by atoms with Crippen molar-refractivity contribution in [3.63, 3.8) is 0 Å². The van der Waals surface area contributed by atoms with Crippen molar-refractivity contribution in [2.24, 2.45) is 5.92 Å². The van der Waals surface area contributed by atoms with Crippen LogP contribution in [-0.4, -0.2) is 45.4 Å². The number of sulfonamides is 1. The van der Waals surface area contributed by atoms with Crippen molar-refractivity contribution in [3.05, 3.63) is 77.8 Å². The molecular formula is C23H27NO7S. The van der Waals surface area contributed by atoms with Crippen molar-refractivity contribution in [1.82, 2.24) is 4.31 Å². The largest absolute Gasteiger partial charge is 0.468 e. The van der Waals surface area contributed by atoms with Gasteiger partial charge in [0.25, 0.3) is 0 Å². The summed E-state index contributed by atoms with van der Waals surface area (Å²) in [6.45, 7) is 7.13. The molecule has 0 saturated heterocycles. The number of furan rings is 1. The van der Waals surface area contributed by atoms with E-state index in [0.717, 1.165) is 11.6 Å². The molecule has 0 spiro atoms. The summed E-state index contributed by atoms with van der Waals surface area (Å²) < 4.78 is 43.0. The third-order valence-corrected chi connectivity index (χ3v) is 6.65. The molecule has 172 valence electrons. The Morgan fingerprint density at radius 3 is 2.31 bits per heavy atom. The number of nitrogens with zero attached hydrogens (tertiary/aromatic N) is 1. The average molecular weight is 462 g/mol. The number of rotatable bonds is 10. The van der Waals surface area contributed by atoms with Crippen LogP contribution in [0, 0.1) is 12.8 Å². The topological polar surface area (TPSA) is 103 Å². The lowest BCUT2D eigenvalue weighted by molar-refractivity contribution is -0.139. The highest BCUT2D eigenvalue weighted by Gasteiger charge is 2.32. The summed E-state index contributed by atoms with van der Waals surface area (Å²) in [6.07, 6.45) is 2.44. The standard InChI is InChI=1S/C23H27NO7S/c1-16(2)21(20(23(26)30-5)13-22(25)29-4)15-24(14-18-7-6-12-31-18)32(27,28)19-10-8-17(3)9-11-19/h6-13,21H,1,14-15H2,2-5H3/b20-13-. The van der Waals surface area contributed by atoms with Gasteiger partial charge in [-0.25, -0.2) is 18.0 Å². The molecule has 8 nitrogen and oxygen atoms in total. The van der Waals surface area contributed by atoms with Crippen LogP contribution in [0.1, 0.15) is 18.2 Å². The van der Waals surface area contributed by atoms with Gasteiger partial charge in [-0.15, -0.1) is 0 Å². The van der Waals surface area contributed by atoms with Crippen molar-refractivity contribution in [3.8, 4) is 0 Å². The quantitative estimate of drug-likeness (QED) is 0.304. The van der Waals surface area contributed by atoms with E-state index >= 15 is 0 Å². The Hall–Kier alpha value is -3.17. The van der Waals surface area contributed by atoms with Gasteiger partial charge in [0.05, 0.1) is 37.5 Å². The van der Waals surface area contributed by atoms with Crippen LogP contribution in [0.2, 0.25) is 0 Å². The molecule has 1 aromatic heterocycles. The van der Waals surface area contributed by atoms with E-state index in [9.17, 15) is 18.0 Å². The molecule has 32 heavy (non-hydrogen) atoms. The molecule has 0 saturated carbocycles. The molecule has 1 atom stereocenters. The van der Waals surface area contributed by atoms with Crippen molar-refractivity contribution in [2.75, 3.05) is 20.8 Å². The predicted molar refractivity (Wildman–Crippen MR) is 118 cm³/mol. The van der Waals surface area contributed by atoms with Crippen LogP contribution in [0.5, 0.6) is 0 Å². The van der Waals surface area contributed by atoms with Gasteiger partial charge in [0.1, 0.15) is 5.76 Å². The van der Waals surface area contributed by atoms with E-state index in [4.69, 9.17) is 9.15 Å². The molecule has 0 amide bonds. The zero-order valence-electron chi connectivity index (χ0n) is 18.5. The molecule has 0 aliphatic heterocycles. The summed E-state index contributed by atoms with van der Waals surface area (Å²) >= 11 is 0. The number of ether oxygens (including phenoxy) is 2. The normalized spacial score (nSPS) is 13.0. The highest BCUT2D eigenvalue weighted by Crippen LogP contribution is 2.27. The van der Waals surface area contributed by atoms with Crippen molar-refractivity contribution >= 4 is 22.0 Å². The van der Waals surface area contributed by atoms with Gasteiger partial charge in [-0.3, -0.25) is 0 Å². The van der Waals surface area contributed by atoms with E-state index < -0.39 is 27.9 Å². The molecular weight excluding hydrogens is 434 g/mol. The first kappa shape index (κ1) is 25.1. The molecule has 9 heteroatoms. The number of hydrogen-bond acceptors (Lipinski definition) is 7. The smallest absolute Gasteiger partial charge is 0.334 e. The summed E-state index contributed by atoms with van der Waals surface area (Å²) in [5, 5.41) is 0. The lowest BCUT2D eigenvalue weighted by Crippen LogP contribution is -2.37. The van der Waals surface area contributed by atoms with E-state index in [1.165, 1.54) is 36.9 Å². The van der Waals surface area contributed by atoms with Crippen LogP contribution in [0.15, 0.2) is 75.8 Å². The molecule has 0 aliphatic rings. The van der Waals surface area contributed by atoms with E-state index in [-0.39, 0.29) is 23.6 Å². The summed E-state index contributed by atoms with van der Waals surface area (Å²) in [5.41, 5.74) is 1.32. The summed E-state index contributed by atoms with van der Waals surface area (Å²) in [4.78, 5) is 24.4. The summed E-state index contributed by atoms with van der Waals surface area (Å²) in [5.74, 6) is -1.97. The Morgan fingerprint density at radius 1 is 1.16 bits per heavy atom. The van der Waals surface area contributed by atoms with Gasteiger partial charge < -0.3 is 13.9 Å². The molecule has 0 radical (unpaired) electrons. The summed E-state index contributed by atoms with van der Waals surface area (Å²) in [6, 6.07) is 9.73. The van der Waals surface area contributed by atoms with Gasteiger partial charge in [-0.1, -0.05) is 29.8 Å². The maximum absolute atomic E-state index is 13.5. The molecule has 0 bridgehead atoms. The first-order chi connectivity index (χ1) is 15.1. The second-order valence-corrected chi connectivity index (χ2v) is 9.14. The van der Waals surface area contributed by atoms with Crippen LogP contribution in [-0.2, 0) is 35.6 Å². The van der Waals surface area contributed by atoms with Gasteiger partial charge in [-0.05, 0) is 38.1 Å². The van der Waals surface area contributed by atoms with E-state index in [1.54, 1.807) is 31.2 Å². The Labute approximate surface area is 188 Å². The number of methoxy groups -OCH3 is 2. The highest BCUT2D eigenvalue weighted by molar-refractivity contribution is 7.89. The molecule has 2 rings (SSSR count). The Kier molecular flexibility index (Phi) is 8.56. The van der Waals surface area contributed by atoms with Gasteiger partial charge in [-0.2, -0.15) is 4.31 Å². The molecule has 0 aliphatic carbocycles. The van der Waals surface area contributed by atoms with Crippen LogP contribution in [0.25, 0.3) is 0 Å². The number of benzene rings is 1. The van der Waals surface area contributed by atoms with E-state index in [2.05, 4.69) is 11.3 Å². The zero-order chi connectivity index (χ0) is 23.9. The fraction of sp³-hybridized carbons (Fsp3) is 0.304. The molecule has 1 heterocycles. The van der Waals surface area contributed by atoms with Crippen molar-refractivity contribution in [1.29, 1.82) is 0 Å². The van der Waals surface area contributed by atoms with Gasteiger partial charge in [0.15, 0.2) is 0 Å². The zero-order valence-corrected chi connectivity index (χ0v) is 19.3. The predicted octanol–water partition coefficient (Wildman–Crippen LogP) is 3.24. The van der Waals surface area contributed by atoms with Crippen LogP contribution >= 0.6 is 0 Å². The fourth-order valence-electron chi connectivity index (χ4n) is 3.01. The minimum Gasteiger partial charge on any atom is -0.468 e. The number of carbonyl (C=O) groups is 2. The van der Waals surface area contributed by atoms with E-state index in [1.807, 2.05) is 6.92 Å². The molecule has 2 aromatic rings. The van der Waals surface area contributed by atoms with Crippen molar-refractivity contribution < 1.29 is 31.9 Å². The SMILES string of the molecule is C=C(C)C(CN(Cc1ccco1)S(=O)(=O)c1ccc(C)cc1)/C(=C/C(=O)OC)C(=O)OC. The monoisotopic (exact) mass is 461 g/mol. The highest BCUT2D eigenvalue weighted by atomic mass is 32.2. The third-order valence-electron chi connectivity index (χ3n) is 4.82. The molecule has 1 unspecified atom stereocenters. The van der Waals surface area contributed by atoms with E-state index in [0.29, 0.717) is 11.3 Å². The maximum Gasteiger partial charge on any atom is 0.334 e. The number of carbonyl (C=O) groups excluding carboxylic acids is 2. The second-order valence-electron chi connectivity index (χ2n) is 7.20. The molecule has 0 N–H and O–H groups in total. The van der Waals surface area contributed by atoms with Crippen LogP contribution < -0.4 is 0 Å². The molecule has 1 aromatic carbocycles. The van der Waals surface area contributed by atoms with Gasteiger partial charge >= 0.3 is 11.9 Å². The first-order valence-electron chi connectivity index (χ1n) is 9.72. The second kappa shape index (κ2) is 10.9. The fourth-order valence-corrected chi connectivity index (χ4v) is 4.43. The third kappa shape index (κ3) is 6.18. The number of hydrogen-bond donors (Lipinski definition) is 0. The lowest BCUT2D eigenvalue weighted by Gasteiger charge is -2.27. The van der Waals surface area contributed by atoms with Crippen molar-refractivity contribution in [2.45, 2.75) is 25.3 Å².